The van der Waals surface area contributed by atoms with E-state index in [1.165, 1.54) is 6.42 Å². The van der Waals surface area contributed by atoms with Gasteiger partial charge in [0.2, 0.25) is 0 Å². The largest absolute Gasteiger partial charge is 0.507 e. The molecule has 0 spiro atoms. The summed E-state index contributed by atoms with van der Waals surface area (Å²) in [6, 6.07) is 15.0. The predicted octanol–water partition coefficient (Wildman–Crippen LogP) is 7.34. The molecule has 2 N–H and O–H groups in total. The Morgan fingerprint density at radius 3 is 1.74 bits per heavy atom. The molecular weight excluding hydrogens is 334 g/mol. The van der Waals surface area contributed by atoms with Gasteiger partial charge in [-0.2, -0.15) is 0 Å². The summed E-state index contributed by atoms with van der Waals surface area (Å²) in [6.45, 7) is 13.9. The van der Waals surface area contributed by atoms with E-state index in [1.807, 2.05) is 77.1 Å². The van der Waals surface area contributed by atoms with Crippen LogP contribution in [0.5, 0.6) is 11.5 Å². The van der Waals surface area contributed by atoms with Crippen LogP contribution in [0.15, 0.2) is 48.5 Å². The predicted molar refractivity (Wildman–Crippen MR) is 120 cm³/mol. The SMILES string of the molecule is C.CC.CCC.Cc1ccc2cccc(O)c2n1.Cc1cccc(C)c1O. The highest BCUT2D eigenvalue weighted by molar-refractivity contribution is 5.84. The number of rotatable bonds is 0. The summed E-state index contributed by atoms with van der Waals surface area (Å²) in [6.07, 6.45) is 1.25. The first kappa shape index (κ1) is 26.7. The highest BCUT2D eigenvalue weighted by Crippen LogP contribution is 2.21. The van der Waals surface area contributed by atoms with Gasteiger partial charge >= 0.3 is 0 Å². The van der Waals surface area contributed by atoms with Crippen LogP contribution < -0.4 is 0 Å². The summed E-state index contributed by atoms with van der Waals surface area (Å²) in [4.78, 5) is 4.23. The van der Waals surface area contributed by atoms with Gasteiger partial charge in [0.05, 0.1) is 0 Å². The van der Waals surface area contributed by atoms with Crippen molar-refractivity contribution < 1.29 is 10.2 Å². The molecule has 150 valence electrons. The van der Waals surface area contributed by atoms with Gasteiger partial charge in [0.25, 0.3) is 0 Å². The fourth-order valence-electron chi connectivity index (χ4n) is 2.03. The molecule has 0 bridgehead atoms. The number of nitrogens with zero attached hydrogens (tertiary/aromatic N) is 1. The molecule has 0 unspecified atom stereocenters. The van der Waals surface area contributed by atoms with Crippen molar-refractivity contribution in [3.8, 4) is 11.5 Å². The summed E-state index contributed by atoms with van der Waals surface area (Å²) in [5.74, 6) is 0.661. The van der Waals surface area contributed by atoms with Gasteiger partial charge < -0.3 is 10.2 Å². The third-order valence-corrected chi connectivity index (χ3v) is 3.28. The van der Waals surface area contributed by atoms with Gasteiger partial charge in [-0.25, -0.2) is 4.98 Å². The number of aryl methyl sites for hydroxylation is 3. The first-order valence-corrected chi connectivity index (χ1v) is 9.21. The molecule has 3 aromatic rings. The first-order chi connectivity index (χ1) is 12.4. The van der Waals surface area contributed by atoms with E-state index >= 15 is 0 Å². The molecule has 0 fully saturated rings. The van der Waals surface area contributed by atoms with Gasteiger partial charge in [0.15, 0.2) is 0 Å². The van der Waals surface area contributed by atoms with Crippen LogP contribution in [0.25, 0.3) is 10.9 Å². The van der Waals surface area contributed by atoms with Gasteiger partial charge in [0, 0.05) is 11.1 Å². The fraction of sp³-hybridized carbons (Fsp3) is 0.375. The van der Waals surface area contributed by atoms with Crippen molar-refractivity contribution in [2.75, 3.05) is 0 Å². The van der Waals surface area contributed by atoms with Crippen molar-refractivity contribution >= 4 is 10.9 Å². The lowest BCUT2D eigenvalue weighted by molar-refractivity contribution is 0.467. The van der Waals surface area contributed by atoms with Crippen molar-refractivity contribution in [1.82, 2.24) is 4.98 Å². The number of para-hydroxylation sites is 2. The maximum Gasteiger partial charge on any atom is 0.141 e. The van der Waals surface area contributed by atoms with Gasteiger partial charge in [-0.3, -0.25) is 0 Å². The lowest BCUT2D eigenvalue weighted by atomic mass is 10.1. The summed E-state index contributed by atoms with van der Waals surface area (Å²) >= 11 is 0. The Balaban J connectivity index is 0. The van der Waals surface area contributed by atoms with Crippen LogP contribution in [0.1, 0.15) is 58.4 Å². The minimum absolute atomic E-state index is 0. The molecule has 0 atom stereocenters. The molecule has 3 nitrogen and oxygen atoms in total. The molecule has 0 saturated carbocycles. The van der Waals surface area contributed by atoms with Crippen molar-refractivity contribution in [2.24, 2.45) is 0 Å². The van der Waals surface area contributed by atoms with Crippen LogP contribution >= 0.6 is 0 Å². The fourth-order valence-corrected chi connectivity index (χ4v) is 2.03. The van der Waals surface area contributed by atoms with Gasteiger partial charge in [-0.15, -0.1) is 0 Å². The third-order valence-electron chi connectivity index (χ3n) is 3.28. The molecule has 3 heteroatoms. The molecule has 1 aromatic heterocycles. The topological polar surface area (TPSA) is 53.4 Å². The third kappa shape index (κ3) is 9.09. The zero-order valence-electron chi connectivity index (χ0n) is 17.2. The number of hydrogen-bond donors (Lipinski definition) is 2. The molecule has 0 aliphatic carbocycles. The van der Waals surface area contributed by atoms with E-state index in [1.54, 1.807) is 6.07 Å². The lowest BCUT2D eigenvalue weighted by Gasteiger charge is -1.99. The Morgan fingerprint density at radius 1 is 0.778 bits per heavy atom. The van der Waals surface area contributed by atoms with E-state index in [-0.39, 0.29) is 13.2 Å². The van der Waals surface area contributed by atoms with Crippen LogP contribution in [-0.4, -0.2) is 15.2 Å². The van der Waals surface area contributed by atoms with E-state index in [2.05, 4.69) is 18.8 Å². The number of phenols is 2. The van der Waals surface area contributed by atoms with Crippen molar-refractivity contribution in [2.45, 2.75) is 62.3 Å². The minimum Gasteiger partial charge on any atom is -0.507 e. The molecular formula is C24H37NO2. The molecule has 0 saturated heterocycles. The number of fused-ring (bicyclic) bond motifs is 1. The summed E-state index contributed by atoms with van der Waals surface area (Å²) < 4.78 is 0. The van der Waals surface area contributed by atoms with Crippen molar-refractivity contribution in [3.05, 3.63) is 65.4 Å². The first-order valence-electron chi connectivity index (χ1n) is 9.21. The van der Waals surface area contributed by atoms with E-state index in [9.17, 15) is 10.2 Å². The lowest BCUT2D eigenvalue weighted by Crippen LogP contribution is -1.82. The summed E-state index contributed by atoms with van der Waals surface area (Å²) in [5, 5.41) is 19.6. The Labute approximate surface area is 165 Å². The second-order valence-electron chi connectivity index (χ2n) is 5.75. The number of aromatic hydroxyl groups is 2. The molecule has 0 amide bonds. The highest BCUT2D eigenvalue weighted by atomic mass is 16.3. The average molecular weight is 372 g/mol. The van der Waals surface area contributed by atoms with Crippen molar-refractivity contribution in [1.29, 1.82) is 0 Å². The Morgan fingerprint density at radius 2 is 1.26 bits per heavy atom. The molecule has 1 heterocycles. The van der Waals surface area contributed by atoms with Crippen LogP contribution in [0, 0.1) is 20.8 Å². The Hall–Kier alpha value is -2.55. The van der Waals surface area contributed by atoms with E-state index in [0.29, 0.717) is 11.3 Å². The average Bonchev–Trinajstić information content (AvgIpc) is 2.63. The Bertz CT molecular complexity index is 762. The van der Waals surface area contributed by atoms with Crippen LogP contribution in [0.3, 0.4) is 0 Å². The zero-order chi connectivity index (χ0) is 20.1. The molecule has 0 aliphatic rings. The second-order valence-corrected chi connectivity index (χ2v) is 5.75. The number of hydrogen-bond acceptors (Lipinski definition) is 3. The summed E-state index contributed by atoms with van der Waals surface area (Å²) in [5.41, 5.74) is 3.48. The standard InChI is InChI=1S/C10H9NO.C8H10O.C3H8.C2H6.CH4/c1-7-5-6-8-3-2-4-9(12)10(8)11-7;1-6-4-3-5-7(2)8(6)9;1-3-2;1-2;/h2-6,12H,1H3;3-5,9H,1-2H3;3H2,1-2H3;1-2H3;1H4. The van der Waals surface area contributed by atoms with Gasteiger partial charge in [0.1, 0.15) is 17.0 Å². The van der Waals surface area contributed by atoms with Crippen LogP contribution in [0.4, 0.5) is 0 Å². The molecule has 3 rings (SSSR count). The smallest absolute Gasteiger partial charge is 0.141 e. The van der Waals surface area contributed by atoms with E-state index in [0.717, 1.165) is 22.2 Å². The number of aromatic nitrogens is 1. The number of benzene rings is 2. The normalized spacial score (nSPS) is 8.70. The quantitative estimate of drug-likeness (QED) is 0.435. The Kier molecular flexibility index (Phi) is 14.4. The van der Waals surface area contributed by atoms with Crippen LogP contribution in [-0.2, 0) is 0 Å². The number of phenolic OH excluding ortho intramolecular Hbond substituents is 2. The number of pyridine rings is 1. The highest BCUT2D eigenvalue weighted by Gasteiger charge is 1.99. The maximum absolute atomic E-state index is 9.43. The zero-order valence-corrected chi connectivity index (χ0v) is 17.2. The van der Waals surface area contributed by atoms with Gasteiger partial charge in [-0.05, 0) is 44.0 Å². The molecule has 0 aliphatic heterocycles. The van der Waals surface area contributed by atoms with E-state index in [4.69, 9.17) is 0 Å². The maximum atomic E-state index is 9.43. The second kappa shape index (κ2) is 14.6. The monoisotopic (exact) mass is 371 g/mol. The molecule has 27 heavy (non-hydrogen) atoms. The molecule has 2 aromatic carbocycles. The van der Waals surface area contributed by atoms with Crippen LogP contribution in [0.2, 0.25) is 0 Å². The molecule has 0 radical (unpaired) electrons. The van der Waals surface area contributed by atoms with Crippen molar-refractivity contribution in [3.63, 3.8) is 0 Å². The summed E-state index contributed by atoms with van der Waals surface area (Å²) in [7, 11) is 0. The van der Waals surface area contributed by atoms with E-state index < -0.39 is 0 Å². The van der Waals surface area contributed by atoms with Gasteiger partial charge in [-0.1, -0.05) is 77.9 Å². The minimum atomic E-state index is 0.